The third-order valence-corrected chi connectivity index (χ3v) is 4.22. The van der Waals surface area contributed by atoms with Crippen molar-refractivity contribution in [2.45, 2.75) is 32.6 Å². The van der Waals surface area contributed by atoms with Crippen LogP contribution in [0.4, 0.5) is 0 Å². The van der Waals surface area contributed by atoms with Gasteiger partial charge in [0.05, 0.1) is 0 Å². The highest BCUT2D eigenvalue weighted by molar-refractivity contribution is 5.48. The van der Waals surface area contributed by atoms with E-state index in [2.05, 4.69) is 99.7 Å². The largest absolute Gasteiger partial charge is 0.0877 e. The molecule has 2 rings (SSSR count). The molecule has 0 heteroatoms. The lowest BCUT2D eigenvalue weighted by Gasteiger charge is -2.33. The van der Waals surface area contributed by atoms with E-state index in [1.54, 1.807) is 0 Å². The highest BCUT2D eigenvalue weighted by Crippen LogP contribution is 2.40. The summed E-state index contributed by atoms with van der Waals surface area (Å²) in [6.07, 6.45) is 7.53. The predicted molar refractivity (Wildman–Crippen MR) is 92.5 cm³/mol. The molecule has 0 aromatic heterocycles. The highest BCUT2D eigenvalue weighted by Gasteiger charge is 2.31. The van der Waals surface area contributed by atoms with Crippen molar-refractivity contribution in [1.82, 2.24) is 0 Å². The molecule has 0 saturated carbocycles. The molecule has 0 saturated heterocycles. The van der Waals surface area contributed by atoms with Crippen molar-refractivity contribution in [2.75, 3.05) is 0 Å². The second-order valence-electron chi connectivity index (χ2n) is 5.43. The Labute approximate surface area is 128 Å². The van der Waals surface area contributed by atoms with Crippen LogP contribution in [-0.4, -0.2) is 0 Å². The molecular formula is C21H24. The quantitative estimate of drug-likeness (QED) is 0.596. The van der Waals surface area contributed by atoms with E-state index in [-0.39, 0.29) is 5.41 Å². The number of allylic oxidation sites excluding steroid dienone is 4. The first kappa shape index (κ1) is 15.3. The van der Waals surface area contributed by atoms with Crippen LogP contribution in [0.3, 0.4) is 0 Å². The van der Waals surface area contributed by atoms with E-state index in [9.17, 15) is 0 Å². The van der Waals surface area contributed by atoms with Gasteiger partial charge in [-0.05, 0) is 31.4 Å². The van der Waals surface area contributed by atoms with Crippen molar-refractivity contribution in [1.29, 1.82) is 0 Å². The van der Waals surface area contributed by atoms with Gasteiger partial charge in [-0.1, -0.05) is 91.4 Å². The van der Waals surface area contributed by atoms with Gasteiger partial charge in [0.25, 0.3) is 0 Å². The molecule has 2 aromatic carbocycles. The van der Waals surface area contributed by atoms with Crippen LogP contribution < -0.4 is 0 Å². The van der Waals surface area contributed by atoms with Gasteiger partial charge in [-0.25, -0.2) is 0 Å². The molecule has 0 heterocycles. The van der Waals surface area contributed by atoms with Crippen molar-refractivity contribution in [3.8, 4) is 0 Å². The van der Waals surface area contributed by atoms with Crippen LogP contribution in [0.5, 0.6) is 0 Å². The molecule has 0 aliphatic rings. The Hall–Kier alpha value is -2.08. The average Bonchev–Trinajstić information content (AvgIpc) is 2.57. The molecule has 0 fully saturated rings. The molecule has 0 nitrogen and oxygen atoms in total. The maximum Gasteiger partial charge on any atom is 0.0385 e. The Kier molecular flexibility index (Phi) is 5.16. The van der Waals surface area contributed by atoms with Crippen LogP contribution in [0.2, 0.25) is 0 Å². The highest BCUT2D eigenvalue weighted by atomic mass is 14.3. The zero-order valence-electron chi connectivity index (χ0n) is 13.2. The zero-order chi connectivity index (χ0) is 15.1. The Morgan fingerprint density at radius 1 is 0.905 bits per heavy atom. The summed E-state index contributed by atoms with van der Waals surface area (Å²) in [6.45, 7) is 6.63. The van der Waals surface area contributed by atoms with Crippen LogP contribution in [0, 0.1) is 0 Å². The number of rotatable bonds is 5. The van der Waals surface area contributed by atoms with Crippen molar-refractivity contribution >= 4 is 0 Å². The maximum absolute atomic E-state index is 2.33. The smallest absolute Gasteiger partial charge is 0.0385 e. The van der Waals surface area contributed by atoms with Gasteiger partial charge in [0.2, 0.25) is 0 Å². The average molecular weight is 276 g/mol. The molecule has 0 radical (unpaired) electrons. The van der Waals surface area contributed by atoms with Gasteiger partial charge >= 0.3 is 0 Å². The molecular weight excluding hydrogens is 252 g/mol. The minimum Gasteiger partial charge on any atom is -0.0877 e. The first-order valence-corrected chi connectivity index (χ1v) is 7.66. The number of hydrogen-bond acceptors (Lipinski definition) is 0. The Balaban J connectivity index is 2.65. The molecule has 108 valence electrons. The van der Waals surface area contributed by atoms with E-state index < -0.39 is 0 Å². The normalized spacial score (nSPS) is 12.8. The van der Waals surface area contributed by atoms with E-state index in [1.807, 2.05) is 0 Å². The lowest BCUT2D eigenvalue weighted by molar-refractivity contribution is 0.648. The van der Waals surface area contributed by atoms with E-state index in [1.165, 1.54) is 16.7 Å². The second-order valence-corrected chi connectivity index (χ2v) is 5.43. The number of hydrogen-bond donors (Lipinski definition) is 0. The summed E-state index contributed by atoms with van der Waals surface area (Å²) >= 11 is 0. The first-order chi connectivity index (χ1) is 10.2. The first-order valence-electron chi connectivity index (χ1n) is 7.66. The van der Waals surface area contributed by atoms with Gasteiger partial charge in [0, 0.05) is 5.41 Å². The fourth-order valence-electron chi connectivity index (χ4n) is 2.93. The monoisotopic (exact) mass is 276 g/mol. The molecule has 21 heavy (non-hydrogen) atoms. The fourth-order valence-corrected chi connectivity index (χ4v) is 2.93. The molecule has 0 bridgehead atoms. The topological polar surface area (TPSA) is 0 Å². The molecule has 0 spiro atoms. The number of benzene rings is 2. The molecule has 0 aliphatic carbocycles. The van der Waals surface area contributed by atoms with Crippen molar-refractivity contribution in [3.63, 3.8) is 0 Å². The van der Waals surface area contributed by atoms with Gasteiger partial charge < -0.3 is 0 Å². The lowest BCUT2D eigenvalue weighted by atomic mass is 9.69. The fraction of sp³-hybridized carbons (Fsp3) is 0.238. The Bertz CT molecular complexity index is 564. The van der Waals surface area contributed by atoms with Gasteiger partial charge in [0.1, 0.15) is 0 Å². The molecule has 0 atom stereocenters. The van der Waals surface area contributed by atoms with E-state index in [4.69, 9.17) is 0 Å². The van der Waals surface area contributed by atoms with Crippen LogP contribution in [0.15, 0.2) is 84.5 Å². The summed E-state index contributed by atoms with van der Waals surface area (Å²) in [6, 6.07) is 21.6. The minimum atomic E-state index is -0.0865. The molecule has 2 aromatic rings. The Morgan fingerprint density at radius 3 is 1.76 bits per heavy atom. The third-order valence-electron chi connectivity index (χ3n) is 4.22. The van der Waals surface area contributed by atoms with E-state index in [0.29, 0.717) is 0 Å². The molecule has 0 N–H and O–H groups in total. The van der Waals surface area contributed by atoms with Gasteiger partial charge in [-0.15, -0.1) is 0 Å². The summed E-state index contributed by atoms with van der Waals surface area (Å²) in [5, 5.41) is 0. The lowest BCUT2D eigenvalue weighted by Crippen LogP contribution is -2.26. The Morgan fingerprint density at radius 2 is 1.38 bits per heavy atom. The van der Waals surface area contributed by atoms with Crippen molar-refractivity contribution in [3.05, 3.63) is 95.6 Å². The van der Waals surface area contributed by atoms with E-state index in [0.717, 1.165) is 6.42 Å². The van der Waals surface area contributed by atoms with Crippen LogP contribution in [0.1, 0.15) is 38.3 Å². The predicted octanol–water partition coefficient (Wildman–Crippen LogP) is 5.91. The van der Waals surface area contributed by atoms with Crippen LogP contribution in [0.25, 0.3) is 0 Å². The zero-order valence-corrected chi connectivity index (χ0v) is 13.2. The van der Waals surface area contributed by atoms with Gasteiger partial charge in [0.15, 0.2) is 0 Å². The van der Waals surface area contributed by atoms with Crippen LogP contribution in [-0.2, 0) is 5.41 Å². The summed E-state index contributed by atoms with van der Waals surface area (Å²) in [5.74, 6) is 0. The maximum atomic E-state index is 2.33. The second kappa shape index (κ2) is 7.08. The summed E-state index contributed by atoms with van der Waals surface area (Å²) in [5.41, 5.74) is 4.03. The van der Waals surface area contributed by atoms with Crippen molar-refractivity contribution < 1.29 is 0 Å². The summed E-state index contributed by atoms with van der Waals surface area (Å²) in [4.78, 5) is 0. The minimum absolute atomic E-state index is 0.0865. The SMILES string of the molecule is C/C=C\C=C(/CC)C(C)(c1ccccc1)c1ccccc1. The van der Waals surface area contributed by atoms with E-state index >= 15 is 0 Å². The van der Waals surface area contributed by atoms with Crippen LogP contribution >= 0.6 is 0 Å². The van der Waals surface area contributed by atoms with Gasteiger partial charge in [-0.3, -0.25) is 0 Å². The van der Waals surface area contributed by atoms with Gasteiger partial charge in [-0.2, -0.15) is 0 Å². The summed E-state index contributed by atoms with van der Waals surface area (Å²) in [7, 11) is 0. The standard InChI is InChI=1S/C21H24/c1-4-6-13-18(5-2)21(3,19-14-9-7-10-15-19)20-16-11-8-12-17-20/h4,6-17H,5H2,1-3H3/b6-4-,18-13+. The molecule has 0 amide bonds. The molecule has 0 unspecified atom stereocenters. The van der Waals surface area contributed by atoms with Crippen molar-refractivity contribution in [2.24, 2.45) is 0 Å². The third kappa shape index (κ3) is 3.16. The molecule has 0 aliphatic heterocycles. The summed E-state index contributed by atoms with van der Waals surface area (Å²) < 4.78 is 0.